The van der Waals surface area contributed by atoms with Crippen molar-refractivity contribution in [1.29, 1.82) is 0 Å². The number of thiazole rings is 1. The standard InChI is InChI=1S/C19H20N2O3S2/c22-26(23)12-16(21-10-4-5-11-21)14-8-9-15-18(17(14)24-26)25-19(20-15)13-6-2-1-3-7-13/h1-3,6-7,16H,4-5,8-12H2. The molecule has 2 aromatic rings. The Hall–Kier alpha value is -1.70. The van der Waals surface area contributed by atoms with Crippen molar-refractivity contribution in [2.45, 2.75) is 31.7 Å². The van der Waals surface area contributed by atoms with Crippen molar-refractivity contribution < 1.29 is 12.6 Å². The van der Waals surface area contributed by atoms with Gasteiger partial charge in [0.05, 0.1) is 16.6 Å². The fourth-order valence-electron chi connectivity index (χ4n) is 4.16. The van der Waals surface area contributed by atoms with E-state index in [-0.39, 0.29) is 11.8 Å². The molecule has 0 radical (unpaired) electrons. The molecule has 0 saturated carbocycles. The predicted octanol–water partition coefficient (Wildman–Crippen LogP) is 3.29. The summed E-state index contributed by atoms with van der Waals surface area (Å²) in [5.41, 5.74) is 3.17. The van der Waals surface area contributed by atoms with E-state index < -0.39 is 10.1 Å². The number of likely N-dealkylation sites (tertiary alicyclic amines) is 1. The molecule has 1 saturated heterocycles. The molecule has 0 spiro atoms. The van der Waals surface area contributed by atoms with Crippen molar-refractivity contribution >= 4 is 27.2 Å². The minimum Gasteiger partial charge on any atom is -0.381 e. The van der Waals surface area contributed by atoms with Crippen molar-refractivity contribution in [1.82, 2.24) is 9.88 Å². The number of fused-ring (bicyclic) bond motifs is 2. The van der Waals surface area contributed by atoms with E-state index in [9.17, 15) is 8.42 Å². The lowest BCUT2D eigenvalue weighted by Gasteiger charge is -2.35. The maximum atomic E-state index is 12.5. The molecule has 3 aliphatic rings. The molecule has 1 aliphatic carbocycles. The lowest BCUT2D eigenvalue weighted by Crippen LogP contribution is -2.44. The van der Waals surface area contributed by atoms with Crippen molar-refractivity contribution in [2.24, 2.45) is 0 Å². The van der Waals surface area contributed by atoms with Crippen LogP contribution in [0, 0.1) is 0 Å². The van der Waals surface area contributed by atoms with Gasteiger partial charge < -0.3 is 4.18 Å². The smallest absolute Gasteiger partial charge is 0.311 e. The maximum Gasteiger partial charge on any atom is 0.311 e. The molecule has 136 valence electrons. The van der Waals surface area contributed by atoms with E-state index in [0.717, 1.165) is 65.5 Å². The van der Waals surface area contributed by atoms with E-state index in [1.54, 1.807) is 11.3 Å². The Balaban J connectivity index is 1.60. The molecule has 7 heteroatoms. The Kier molecular flexibility index (Phi) is 3.92. The Morgan fingerprint density at radius 1 is 1.12 bits per heavy atom. The summed E-state index contributed by atoms with van der Waals surface area (Å²) >= 11 is 1.54. The largest absolute Gasteiger partial charge is 0.381 e. The highest BCUT2D eigenvalue weighted by Crippen LogP contribution is 2.44. The Labute approximate surface area is 157 Å². The highest BCUT2D eigenvalue weighted by molar-refractivity contribution is 7.87. The van der Waals surface area contributed by atoms with E-state index in [1.807, 2.05) is 30.3 Å². The summed E-state index contributed by atoms with van der Waals surface area (Å²) in [5, 5.41) is 0.925. The molecular formula is C19H20N2O3S2. The van der Waals surface area contributed by atoms with Gasteiger partial charge in [0.15, 0.2) is 5.76 Å². The molecule has 2 aliphatic heterocycles. The number of aryl methyl sites for hydroxylation is 1. The summed E-state index contributed by atoms with van der Waals surface area (Å²) in [7, 11) is -3.56. The number of hydrogen-bond acceptors (Lipinski definition) is 6. The second-order valence-corrected chi connectivity index (χ2v) is 9.70. The topological polar surface area (TPSA) is 59.5 Å². The van der Waals surface area contributed by atoms with Crippen LogP contribution in [-0.2, 0) is 20.7 Å². The molecule has 0 N–H and O–H groups in total. The highest BCUT2D eigenvalue weighted by Gasteiger charge is 2.41. The molecule has 0 bridgehead atoms. The van der Waals surface area contributed by atoms with Gasteiger partial charge in [0.2, 0.25) is 0 Å². The molecule has 1 unspecified atom stereocenters. The minimum atomic E-state index is -3.56. The van der Waals surface area contributed by atoms with Crippen LogP contribution in [0.15, 0.2) is 35.9 Å². The van der Waals surface area contributed by atoms with Gasteiger partial charge in [0, 0.05) is 5.56 Å². The molecule has 1 aromatic heterocycles. The van der Waals surface area contributed by atoms with Crippen molar-refractivity contribution in [3.8, 4) is 10.6 Å². The molecule has 3 heterocycles. The average molecular weight is 389 g/mol. The summed E-state index contributed by atoms with van der Waals surface area (Å²) in [5.74, 6) is 0.639. The van der Waals surface area contributed by atoms with Crippen LogP contribution in [-0.4, -0.2) is 43.2 Å². The molecule has 0 amide bonds. The number of nitrogens with zero attached hydrogens (tertiary/aromatic N) is 2. The van der Waals surface area contributed by atoms with Crippen molar-refractivity contribution in [3.63, 3.8) is 0 Å². The monoisotopic (exact) mass is 388 g/mol. The Morgan fingerprint density at radius 3 is 2.65 bits per heavy atom. The van der Waals surface area contributed by atoms with Gasteiger partial charge >= 0.3 is 10.1 Å². The van der Waals surface area contributed by atoms with Crippen LogP contribution in [0.3, 0.4) is 0 Å². The molecule has 26 heavy (non-hydrogen) atoms. The van der Waals surface area contributed by atoms with E-state index in [0.29, 0.717) is 5.76 Å². The van der Waals surface area contributed by atoms with Crippen molar-refractivity contribution in [2.75, 3.05) is 18.8 Å². The second kappa shape index (κ2) is 6.18. The second-order valence-electron chi connectivity index (χ2n) is 7.08. The lowest BCUT2D eigenvalue weighted by atomic mass is 9.93. The third-order valence-electron chi connectivity index (χ3n) is 5.40. The quantitative estimate of drug-likeness (QED) is 0.739. The average Bonchev–Trinajstić information content (AvgIpc) is 3.31. The van der Waals surface area contributed by atoms with Gasteiger partial charge in [-0.2, -0.15) is 8.42 Å². The fraction of sp³-hybridized carbons (Fsp3) is 0.421. The molecule has 5 rings (SSSR count). The fourth-order valence-corrected chi connectivity index (χ4v) is 6.66. The summed E-state index contributed by atoms with van der Waals surface area (Å²) in [6.45, 7) is 1.95. The minimum absolute atomic E-state index is 0.0401. The van der Waals surface area contributed by atoms with Crippen LogP contribution in [0.5, 0.6) is 0 Å². The molecule has 1 fully saturated rings. The molecule has 1 atom stereocenters. The summed E-state index contributed by atoms with van der Waals surface area (Å²) in [4.78, 5) is 8.00. The SMILES string of the molecule is O=S1(=O)CC(N2CCCC2)C2=C(O1)c1sc(-c3ccccc3)nc1CC2. The van der Waals surface area contributed by atoms with Gasteiger partial charge in [-0.15, -0.1) is 11.3 Å². The maximum absolute atomic E-state index is 12.5. The van der Waals surface area contributed by atoms with Crippen LogP contribution in [0.25, 0.3) is 16.3 Å². The van der Waals surface area contributed by atoms with Crippen LogP contribution in [0.2, 0.25) is 0 Å². The van der Waals surface area contributed by atoms with Gasteiger partial charge in [-0.1, -0.05) is 30.3 Å². The number of aromatic nitrogens is 1. The zero-order valence-electron chi connectivity index (χ0n) is 14.3. The van der Waals surface area contributed by atoms with E-state index in [1.165, 1.54) is 0 Å². The molecule has 1 aromatic carbocycles. The summed E-state index contributed by atoms with van der Waals surface area (Å²) in [6, 6.07) is 9.99. The zero-order chi connectivity index (χ0) is 17.7. The van der Waals surface area contributed by atoms with E-state index in [2.05, 4.69) is 4.90 Å². The first kappa shape index (κ1) is 16.5. The number of benzene rings is 1. The van der Waals surface area contributed by atoms with Gasteiger partial charge in [0.1, 0.15) is 10.8 Å². The number of rotatable bonds is 2. The van der Waals surface area contributed by atoms with Crippen LogP contribution >= 0.6 is 11.3 Å². The normalized spacial score (nSPS) is 24.8. The number of hydrogen-bond donors (Lipinski definition) is 0. The van der Waals surface area contributed by atoms with Crippen LogP contribution < -0.4 is 0 Å². The van der Waals surface area contributed by atoms with Gasteiger partial charge in [0.25, 0.3) is 0 Å². The van der Waals surface area contributed by atoms with E-state index in [4.69, 9.17) is 9.17 Å². The lowest BCUT2D eigenvalue weighted by molar-refractivity contribution is 0.271. The summed E-state index contributed by atoms with van der Waals surface area (Å²) in [6.07, 6.45) is 3.97. The zero-order valence-corrected chi connectivity index (χ0v) is 16.0. The first-order valence-electron chi connectivity index (χ1n) is 9.05. The predicted molar refractivity (Wildman–Crippen MR) is 102 cm³/mol. The molecule has 5 nitrogen and oxygen atoms in total. The van der Waals surface area contributed by atoms with Crippen molar-refractivity contribution in [3.05, 3.63) is 46.5 Å². The van der Waals surface area contributed by atoms with Crippen LogP contribution in [0.4, 0.5) is 0 Å². The van der Waals surface area contributed by atoms with Gasteiger partial charge in [-0.25, -0.2) is 4.98 Å². The van der Waals surface area contributed by atoms with Crippen LogP contribution in [0.1, 0.15) is 29.8 Å². The Bertz CT molecular complexity index is 973. The first-order chi connectivity index (χ1) is 12.6. The third-order valence-corrected chi connectivity index (χ3v) is 7.69. The molecular weight excluding hydrogens is 368 g/mol. The highest BCUT2D eigenvalue weighted by atomic mass is 32.2. The first-order valence-corrected chi connectivity index (χ1v) is 11.4. The summed E-state index contributed by atoms with van der Waals surface area (Å²) < 4.78 is 30.5. The van der Waals surface area contributed by atoms with E-state index >= 15 is 0 Å². The van der Waals surface area contributed by atoms with Gasteiger partial charge in [-0.05, 0) is 44.3 Å². The van der Waals surface area contributed by atoms with Gasteiger partial charge in [-0.3, -0.25) is 4.90 Å². The third kappa shape index (κ3) is 2.78. The Morgan fingerprint density at radius 2 is 1.88 bits per heavy atom.